The maximum absolute atomic E-state index is 12.7. The van der Waals surface area contributed by atoms with Crippen molar-refractivity contribution in [3.05, 3.63) is 71.7 Å². The number of piperazine rings is 1. The van der Waals surface area contributed by atoms with Crippen molar-refractivity contribution < 1.29 is 9.21 Å². The lowest BCUT2D eigenvalue weighted by Gasteiger charge is -2.35. The molecule has 0 unspecified atom stereocenters. The fourth-order valence-electron chi connectivity index (χ4n) is 4.05. The molecule has 4 rings (SSSR count). The number of nitrogens with zero attached hydrogens (tertiary/aromatic N) is 3. The monoisotopic (exact) mass is 391 g/mol. The van der Waals surface area contributed by atoms with Gasteiger partial charge in [-0.2, -0.15) is 0 Å². The van der Waals surface area contributed by atoms with Gasteiger partial charge in [0.2, 0.25) is 5.91 Å². The highest BCUT2D eigenvalue weighted by Crippen LogP contribution is 2.20. The third-order valence-electron chi connectivity index (χ3n) is 5.63. The summed E-state index contributed by atoms with van der Waals surface area (Å²) in [5, 5.41) is 2.61. The molecule has 29 heavy (non-hydrogen) atoms. The zero-order valence-electron chi connectivity index (χ0n) is 17.3. The second-order valence-corrected chi connectivity index (χ2v) is 7.98. The van der Waals surface area contributed by atoms with Crippen molar-refractivity contribution in [3.63, 3.8) is 0 Å². The van der Waals surface area contributed by atoms with Gasteiger partial charge in [-0.25, -0.2) is 0 Å². The molecule has 1 saturated heterocycles. The number of aryl methyl sites for hydroxylation is 1. The standard InChI is InChI=1S/C24H29N3O2/c1-19-10-11-22(29-19)17-25(2)18-24(28)27-14-12-26(13-15-27)16-21-8-5-7-20-6-3-4-9-23(20)21/h3-11H,12-18H2,1-2H3. The van der Waals surface area contributed by atoms with Gasteiger partial charge >= 0.3 is 0 Å². The molecular weight excluding hydrogens is 362 g/mol. The summed E-state index contributed by atoms with van der Waals surface area (Å²) in [5.74, 6) is 2.00. The predicted octanol–water partition coefficient (Wildman–Crippen LogP) is 3.52. The topological polar surface area (TPSA) is 39.9 Å². The van der Waals surface area contributed by atoms with Gasteiger partial charge < -0.3 is 9.32 Å². The average molecular weight is 392 g/mol. The van der Waals surface area contributed by atoms with E-state index in [4.69, 9.17) is 4.42 Å². The van der Waals surface area contributed by atoms with Gasteiger partial charge in [-0.1, -0.05) is 42.5 Å². The zero-order valence-corrected chi connectivity index (χ0v) is 17.3. The first-order valence-electron chi connectivity index (χ1n) is 10.3. The molecule has 5 heteroatoms. The molecule has 3 aromatic rings. The van der Waals surface area contributed by atoms with Gasteiger partial charge in [0.15, 0.2) is 0 Å². The number of carbonyl (C=O) groups excluding carboxylic acids is 1. The minimum atomic E-state index is 0.195. The van der Waals surface area contributed by atoms with Gasteiger partial charge in [-0.05, 0) is 42.4 Å². The van der Waals surface area contributed by atoms with Crippen molar-refractivity contribution in [2.24, 2.45) is 0 Å². The molecule has 1 aliphatic rings. The molecule has 152 valence electrons. The number of benzene rings is 2. The fourth-order valence-corrected chi connectivity index (χ4v) is 4.05. The zero-order chi connectivity index (χ0) is 20.2. The van der Waals surface area contributed by atoms with Crippen LogP contribution in [0.15, 0.2) is 59.0 Å². The normalized spacial score (nSPS) is 15.3. The summed E-state index contributed by atoms with van der Waals surface area (Å²) in [4.78, 5) is 19.1. The Bertz CT molecular complexity index is 968. The van der Waals surface area contributed by atoms with E-state index in [0.29, 0.717) is 13.1 Å². The number of amides is 1. The Balaban J connectivity index is 1.28. The predicted molar refractivity (Wildman–Crippen MR) is 116 cm³/mol. The molecule has 2 heterocycles. The molecule has 0 atom stereocenters. The Morgan fingerprint density at radius 1 is 1.00 bits per heavy atom. The molecular formula is C24H29N3O2. The number of hydrogen-bond donors (Lipinski definition) is 0. The van der Waals surface area contributed by atoms with Crippen LogP contribution in [0.3, 0.4) is 0 Å². The van der Waals surface area contributed by atoms with Gasteiger partial charge in [0.1, 0.15) is 11.5 Å². The van der Waals surface area contributed by atoms with Crippen LogP contribution in [-0.2, 0) is 17.9 Å². The van der Waals surface area contributed by atoms with E-state index in [2.05, 4.69) is 47.4 Å². The van der Waals surface area contributed by atoms with E-state index in [1.54, 1.807) is 0 Å². The van der Waals surface area contributed by atoms with Crippen LogP contribution in [-0.4, -0.2) is 60.4 Å². The van der Waals surface area contributed by atoms with E-state index in [1.165, 1.54) is 16.3 Å². The molecule has 1 aromatic heterocycles. The summed E-state index contributed by atoms with van der Waals surface area (Å²) >= 11 is 0. The first kappa shape index (κ1) is 19.7. The molecule has 0 bridgehead atoms. The third kappa shape index (κ3) is 4.86. The van der Waals surface area contributed by atoms with Crippen molar-refractivity contribution in [3.8, 4) is 0 Å². The van der Waals surface area contributed by atoms with Gasteiger partial charge in [0, 0.05) is 32.7 Å². The van der Waals surface area contributed by atoms with Crippen LogP contribution >= 0.6 is 0 Å². The van der Waals surface area contributed by atoms with E-state index in [0.717, 1.165) is 44.2 Å². The van der Waals surface area contributed by atoms with E-state index >= 15 is 0 Å². The van der Waals surface area contributed by atoms with Crippen molar-refractivity contribution in [1.82, 2.24) is 14.7 Å². The van der Waals surface area contributed by atoms with E-state index in [9.17, 15) is 4.79 Å². The van der Waals surface area contributed by atoms with Crippen LogP contribution in [0.1, 0.15) is 17.1 Å². The van der Waals surface area contributed by atoms with Gasteiger partial charge in [0.25, 0.3) is 0 Å². The number of carbonyl (C=O) groups is 1. The highest BCUT2D eigenvalue weighted by atomic mass is 16.3. The smallest absolute Gasteiger partial charge is 0.236 e. The lowest BCUT2D eigenvalue weighted by Crippen LogP contribution is -2.50. The minimum Gasteiger partial charge on any atom is -0.465 e. The highest BCUT2D eigenvalue weighted by Gasteiger charge is 2.22. The Hall–Kier alpha value is -2.63. The summed E-state index contributed by atoms with van der Waals surface area (Å²) in [6, 6.07) is 19.0. The summed E-state index contributed by atoms with van der Waals surface area (Å²) < 4.78 is 5.61. The molecule has 0 N–H and O–H groups in total. The van der Waals surface area contributed by atoms with Crippen LogP contribution in [0, 0.1) is 6.92 Å². The first-order chi connectivity index (χ1) is 14.1. The van der Waals surface area contributed by atoms with Gasteiger partial charge in [0.05, 0.1) is 13.1 Å². The minimum absolute atomic E-state index is 0.195. The Kier molecular flexibility index (Phi) is 5.97. The third-order valence-corrected chi connectivity index (χ3v) is 5.63. The van der Waals surface area contributed by atoms with Gasteiger partial charge in [-0.3, -0.25) is 14.6 Å². The largest absolute Gasteiger partial charge is 0.465 e. The molecule has 0 spiro atoms. The number of rotatable bonds is 6. The van der Waals surface area contributed by atoms with Crippen molar-refractivity contribution in [2.45, 2.75) is 20.0 Å². The molecule has 1 aliphatic heterocycles. The molecule has 1 amide bonds. The second-order valence-electron chi connectivity index (χ2n) is 7.98. The molecule has 0 radical (unpaired) electrons. The number of hydrogen-bond acceptors (Lipinski definition) is 4. The fraction of sp³-hybridized carbons (Fsp3) is 0.375. The Morgan fingerprint density at radius 2 is 1.76 bits per heavy atom. The molecule has 1 fully saturated rings. The van der Waals surface area contributed by atoms with Crippen LogP contribution in [0.25, 0.3) is 10.8 Å². The van der Waals surface area contributed by atoms with Crippen molar-refractivity contribution in [2.75, 3.05) is 39.8 Å². The number of likely N-dealkylation sites (N-methyl/N-ethyl adjacent to an activating group) is 1. The van der Waals surface area contributed by atoms with E-state index < -0.39 is 0 Å². The molecule has 2 aromatic carbocycles. The van der Waals surface area contributed by atoms with Gasteiger partial charge in [-0.15, -0.1) is 0 Å². The van der Waals surface area contributed by atoms with Crippen LogP contribution < -0.4 is 0 Å². The summed E-state index contributed by atoms with van der Waals surface area (Å²) in [6.45, 7) is 7.35. The van der Waals surface area contributed by atoms with Crippen LogP contribution in [0.4, 0.5) is 0 Å². The summed E-state index contributed by atoms with van der Waals surface area (Å²) in [5.41, 5.74) is 1.36. The lowest BCUT2D eigenvalue weighted by atomic mass is 10.0. The molecule has 5 nitrogen and oxygen atoms in total. The molecule has 0 aliphatic carbocycles. The van der Waals surface area contributed by atoms with E-state index in [-0.39, 0.29) is 5.91 Å². The quantitative estimate of drug-likeness (QED) is 0.645. The highest BCUT2D eigenvalue weighted by molar-refractivity contribution is 5.85. The Morgan fingerprint density at radius 3 is 2.52 bits per heavy atom. The van der Waals surface area contributed by atoms with Crippen molar-refractivity contribution in [1.29, 1.82) is 0 Å². The number of furan rings is 1. The summed E-state index contributed by atoms with van der Waals surface area (Å²) in [7, 11) is 1.96. The van der Waals surface area contributed by atoms with Crippen molar-refractivity contribution >= 4 is 16.7 Å². The molecule has 0 saturated carbocycles. The van der Waals surface area contributed by atoms with Crippen LogP contribution in [0.2, 0.25) is 0 Å². The number of fused-ring (bicyclic) bond motifs is 1. The second kappa shape index (κ2) is 8.80. The summed E-state index contributed by atoms with van der Waals surface area (Å²) in [6.07, 6.45) is 0. The van der Waals surface area contributed by atoms with E-state index in [1.807, 2.05) is 35.9 Å². The maximum Gasteiger partial charge on any atom is 0.236 e. The van der Waals surface area contributed by atoms with Crippen LogP contribution in [0.5, 0.6) is 0 Å². The maximum atomic E-state index is 12.7. The Labute approximate surface area is 172 Å². The lowest BCUT2D eigenvalue weighted by molar-refractivity contribution is -0.134. The first-order valence-corrected chi connectivity index (χ1v) is 10.3. The average Bonchev–Trinajstić information content (AvgIpc) is 3.13. The SMILES string of the molecule is Cc1ccc(CN(C)CC(=O)N2CCN(Cc3cccc4ccccc34)CC2)o1.